The molecule has 1 heterocycles. The second kappa shape index (κ2) is 4.22. The lowest BCUT2D eigenvalue weighted by Crippen LogP contribution is -2.71. The molecule has 1 aliphatic carbocycles. The van der Waals surface area contributed by atoms with Gasteiger partial charge in [0.2, 0.25) is 5.91 Å². The molecule has 0 spiro atoms. The first-order valence-electron chi connectivity index (χ1n) is 7.21. The summed E-state index contributed by atoms with van der Waals surface area (Å²) in [6.45, 7) is 9.46. The summed E-state index contributed by atoms with van der Waals surface area (Å²) >= 11 is 0. The Bertz CT molecular complexity index is 340. The molecule has 1 aliphatic heterocycles. The van der Waals surface area contributed by atoms with Gasteiger partial charge >= 0.3 is 0 Å². The molecule has 1 saturated carbocycles. The summed E-state index contributed by atoms with van der Waals surface area (Å²) in [5.41, 5.74) is -0.641. The molecule has 2 aliphatic rings. The summed E-state index contributed by atoms with van der Waals surface area (Å²) in [6, 6.07) is 0. The van der Waals surface area contributed by atoms with Gasteiger partial charge in [0.15, 0.2) is 0 Å². The van der Waals surface area contributed by atoms with Gasteiger partial charge in [0.25, 0.3) is 0 Å². The minimum atomic E-state index is -0.731. The molecular weight excluding hydrogens is 226 g/mol. The van der Waals surface area contributed by atoms with Crippen LogP contribution in [-0.2, 0) is 4.79 Å². The molecule has 3 nitrogen and oxygen atoms in total. The monoisotopic (exact) mass is 253 g/mol. The van der Waals surface area contributed by atoms with Crippen LogP contribution < -0.4 is 0 Å². The Balaban J connectivity index is 1.97. The molecule has 0 aromatic carbocycles. The minimum Gasteiger partial charge on any atom is -0.389 e. The highest BCUT2D eigenvalue weighted by molar-refractivity contribution is 5.79. The van der Waals surface area contributed by atoms with Crippen molar-refractivity contribution < 1.29 is 9.90 Å². The fourth-order valence-corrected chi connectivity index (χ4v) is 3.22. The van der Waals surface area contributed by atoms with E-state index in [0.717, 1.165) is 32.2 Å². The molecule has 0 aromatic rings. The number of carbonyl (C=O) groups is 1. The van der Waals surface area contributed by atoms with Crippen LogP contribution in [0.15, 0.2) is 0 Å². The van der Waals surface area contributed by atoms with Crippen LogP contribution >= 0.6 is 0 Å². The van der Waals surface area contributed by atoms with Crippen LogP contribution in [0, 0.1) is 5.41 Å². The first-order valence-corrected chi connectivity index (χ1v) is 7.21. The first-order chi connectivity index (χ1) is 8.18. The van der Waals surface area contributed by atoms with Crippen molar-refractivity contribution in [1.29, 1.82) is 0 Å². The van der Waals surface area contributed by atoms with Crippen molar-refractivity contribution in [3.63, 3.8) is 0 Å². The number of hydrogen-bond donors (Lipinski definition) is 1. The lowest BCUT2D eigenvalue weighted by molar-refractivity contribution is -0.172. The standard InChI is InChI=1S/C15H27NO2/c1-13(2)11-16(14(13,3)4)12(17)10-15(18)8-6-5-7-9-15/h18H,5-11H2,1-4H3. The summed E-state index contributed by atoms with van der Waals surface area (Å²) in [5.74, 6) is 0.128. The summed E-state index contributed by atoms with van der Waals surface area (Å²) in [6.07, 6.45) is 5.19. The number of nitrogens with zero attached hydrogens (tertiary/aromatic N) is 1. The second-order valence-electron chi connectivity index (χ2n) is 7.38. The minimum absolute atomic E-state index is 0.0882. The van der Waals surface area contributed by atoms with Gasteiger partial charge in [-0.15, -0.1) is 0 Å². The van der Waals surface area contributed by atoms with E-state index in [0.29, 0.717) is 6.42 Å². The van der Waals surface area contributed by atoms with Crippen LogP contribution in [0.4, 0.5) is 0 Å². The first kappa shape index (κ1) is 13.9. The van der Waals surface area contributed by atoms with Crippen LogP contribution in [0.1, 0.15) is 66.2 Å². The second-order valence-corrected chi connectivity index (χ2v) is 7.38. The van der Waals surface area contributed by atoms with E-state index < -0.39 is 5.60 Å². The summed E-state index contributed by atoms with van der Waals surface area (Å²) in [4.78, 5) is 14.3. The third-order valence-electron chi connectivity index (χ3n) is 5.45. The summed E-state index contributed by atoms with van der Waals surface area (Å²) in [5, 5.41) is 10.5. The molecule has 0 atom stereocenters. The van der Waals surface area contributed by atoms with Crippen molar-refractivity contribution in [2.24, 2.45) is 5.41 Å². The van der Waals surface area contributed by atoms with E-state index in [-0.39, 0.29) is 16.9 Å². The smallest absolute Gasteiger partial charge is 0.225 e. The Labute approximate surface area is 111 Å². The van der Waals surface area contributed by atoms with Gasteiger partial charge in [-0.1, -0.05) is 33.1 Å². The van der Waals surface area contributed by atoms with E-state index in [4.69, 9.17) is 0 Å². The number of likely N-dealkylation sites (tertiary alicyclic amines) is 1. The van der Waals surface area contributed by atoms with Gasteiger partial charge in [0, 0.05) is 17.5 Å². The molecule has 2 rings (SSSR count). The molecule has 0 radical (unpaired) electrons. The topological polar surface area (TPSA) is 40.5 Å². The highest BCUT2D eigenvalue weighted by Gasteiger charge is 2.55. The largest absolute Gasteiger partial charge is 0.389 e. The van der Waals surface area contributed by atoms with Gasteiger partial charge in [0.05, 0.1) is 12.0 Å². The van der Waals surface area contributed by atoms with Crippen LogP contribution in [-0.4, -0.2) is 33.6 Å². The van der Waals surface area contributed by atoms with Crippen molar-refractivity contribution in [2.45, 2.75) is 77.4 Å². The zero-order valence-electron chi connectivity index (χ0n) is 12.3. The van der Waals surface area contributed by atoms with Crippen molar-refractivity contribution in [3.05, 3.63) is 0 Å². The quantitative estimate of drug-likeness (QED) is 0.822. The van der Waals surface area contributed by atoms with Gasteiger partial charge in [-0.3, -0.25) is 4.79 Å². The number of aliphatic hydroxyl groups is 1. The van der Waals surface area contributed by atoms with Crippen LogP contribution in [0.25, 0.3) is 0 Å². The number of hydrogen-bond acceptors (Lipinski definition) is 2. The van der Waals surface area contributed by atoms with E-state index in [9.17, 15) is 9.90 Å². The van der Waals surface area contributed by atoms with E-state index in [2.05, 4.69) is 27.7 Å². The van der Waals surface area contributed by atoms with Gasteiger partial charge in [-0.25, -0.2) is 0 Å². The average molecular weight is 253 g/mol. The highest BCUT2D eigenvalue weighted by Crippen LogP contribution is 2.47. The highest BCUT2D eigenvalue weighted by atomic mass is 16.3. The molecule has 104 valence electrons. The Hall–Kier alpha value is -0.570. The maximum Gasteiger partial charge on any atom is 0.225 e. The Morgan fingerprint density at radius 2 is 1.67 bits per heavy atom. The Morgan fingerprint density at radius 1 is 1.11 bits per heavy atom. The van der Waals surface area contributed by atoms with E-state index >= 15 is 0 Å². The molecule has 1 N–H and O–H groups in total. The maximum atomic E-state index is 12.4. The molecule has 1 saturated heterocycles. The lowest BCUT2D eigenvalue weighted by Gasteiger charge is -2.61. The number of amides is 1. The van der Waals surface area contributed by atoms with E-state index in [1.165, 1.54) is 6.42 Å². The fourth-order valence-electron chi connectivity index (χ4n) is 3.22. The average Bonchev–Trinajstić information content (AvgIpc) is 2.26. The van der Waals surface area contributed by atoms with Gasteiger partial charge in [-0.05, 0) is 26.7 Å². The predicted octanol–water partition coefficient (Wildman–Crippen LogP) is 2.72. The zero-order chi connectivity index (χ0) is 13.6. The third kappa shape index (κ3) is 2.18. The molecule has 18 heavy (non-hydrogen) atoms. The Kier molecular flexibility index (Phi) is 3.25. The molecule has 2 fully saturated rings. The van der Waals surface area contributed by atoms with E-state index in [1.807, 2.05) is 4.90 Å². The van der Waals surface area contributed by atoms with E-state index in [1.54, 1.807) is 0 Å². The third-order valence-corrected chi connectivity index (χ3v) is 5.45. The summed E-state index contributed by atoms with van der Waals surface area (Å²) < 4.78 is 0. The van der Waals surface area contributed by atoms with Gasteiger partial charge in [0.1, 0.15) is 0 Å². The van der Waals surface area contributed by atoms with Gasteiger partial charge in [-0.2, -0.15) is 0 Å². The van der Waals surface area contributed by atoms with Gasteiger partial charge < -0.3 is 10.0 Å². The Morgan fingerprint density at radius 3 is 2.11 bits per heavy atom. The molecule has 0 unspecified atom stereocenters. The van der Waals surface area contributed by atoms with Crippen molar-refractivity contribution >= 4 is 5.91 Å². The molecular formula is C15H27NO2. The molecule has 0 bridgehead atoms. The predicted molar refractivity (Wildman–Crippen MR) is 72.2 cm³/mol. The van der Waals surface area contributed by atoms with Crippen molar-refractivity contribution in [1.82, 2.24) is 4.90 Å². The van der Waals surface area contributed by atoms with Crippen LogP contribution in [0.2, 0.25) is 0 Å². The zero-order valence-corrected chi connectivity index (χ0v) is 12.3. The fraction of sp³-hybridized carbons (Fsp3) is 0.933. The normalized spacial score (nSPS) is 28.6. The summed E-state index contributed by atoms with van der Waals surface area (Å²) in [7, 11) is 0. The number of rotatable bonds is 2. The number of carbonyl (C=O) groups excluding carboxylic acids is 1. The molecule has 1 amide bonds. The van der Waals surface area contributed by atoms with Crippen LogP contribution in [0.5, 0.6) is 0 Å². The maximum absolute atomic E-state index is 12.4. The molecule has 3 heteroatoms. The SMILES string of the molecule is CC1(C)CN(C(=O)CC2(O)CCCCC2)C1(C)C. The molecule has 0 aromatic heterocycles. The van der Waals surface area contributed by atoms with Crippen molar-refractivity contribution in [3.8, 4) is 0 Å². The van der Waals surface area contributed by atoms with Crippen LogP contribution in [0.3, 0.4) is 0 Å². The van der Waals surface area contributed by atoms with Crippen molar-refractivity contribution in [2.75, 3.05) is 6.54 Å². The lowest BCUT2D eigenvalue weighted by atomic mass is 9.65.